The van der Waals surface area contributed by atoms with Crippen LogP contribution in [0.5, 0.6) is 0 Å². The van der Waals surface area contributed by atoms with Gasteiger partial charge in [-0.15, -0.1) is 0 Å². The molecular weight excluding hydrogens is 286 g/mol. The van der Waals surface area contributed by atoms with E-state index in [1.54, 1.807) is 0 Å². The Balaban J connectivity index is 1.43. The molecule has 2 aliphatic rings. The lowest BCUT2D eigenvalue weighted by Gasteiger charge is -2.30. The van der Waals surface area contributed by atoms with Gasteiger partial charge in [0, 0.05) is 25.7 Å². The number of nitrogens with zero attached hydrogens (tertiary/aromatic N) is 2. The van der Waals surface area contributed by atoms with Gasteiger partial charge in [0.05, 0.1) is 0 Å². The molecule has 1 aliphatic heterocycles. The van der Waals surface area contributed by atoms with Crippen LogP contribution in [-0.2, 0) is 6.54 Å². The first-order chi connectivity index (χ1) is 11.2. The second-order valence-electron chi connectivity index (χ2n) is 7.10. The second-order valence-corrected chi connectivity index (χ2v) is 7.10. The van der Waals surface area contributed by atoms with Crippen molar-refractivity contribution >= 4 is 6.03 Å². The van der Waals surface area contributed by atoms with Crippen LogP contribution < -0.4 is 5.32 Å². The third-order valence-electron chi connectivity index (χ3n) is 5.02. The zero-order chi connectivity index (χ0) is 16.1. The lowest BCUT2D eigenvalue weighted by molar-refractivity contribution is 0.178. The molecule has 2 fully saturated rings. The number of likely N-dealkylation sites (tertiary alicyclic amines) is 1. The molecule has 1 heterocycles. The zero-order valence-corrected chi connectivity index (χ0v) is 14.2. The predicted molar refractivity (Wildman–Crippen MR) is 93.2 cm³/mol. The Labute approximate surface area is 139 Å². The van der Waals surface area contributed by atoms with E-state index in [9.17, 15) is 4.79 Å². The van der Waals surface area contributed by atoms with Gasteiger partial charge >= 0.3 is 6.03 Å². The van der Waals surface area contributed by atoms with Crippen LogP contribution in [0.3, 0.4) is 0 Å². The van der Waals surface area contributed by atoms with E-state index in [0.717, 1.165) is 38.4 Å². The van der Waals surface area contributed by atoms with E-state index < -0.39 is 0 Å². The minimum atomic E-state index is 0.0988. The molecule has 0 atom stereocenters. The van der Waals surface area contributed by atoms with Crippen molar-refractivity contribution in [2.45, 2.75) is 45.2 Å². The van der Waals surface area contributed by atoms with Gasteiger partial charge in [0.2, 0.25) is 0 Å². The summed E-state index contributed by atoms with van der Waals surface area (Å²) in [6.07, 6.45) is 4.86. The summed E-state index contributed by atoms with van der Waals surface area (Å²) in [4.78, 5) is 17.0. The van der Waals surface area contributed by atoms with E-state index in [0.29, 0.717) is 6.04 Å². The van der Waals surface area contributed by atoms with Crippen LogP contribution >= 0.6 is 0 Å². The molecule has 1 aromatic rings. The standard InChI is InChI=1S/C19H29N3O/c1-16-9-12-21(13-10-16)14-11-20-19(23)22(18-7-8-18)15-17-5-3-2-4-6-17/h2-6,16,18H,7-15H2,1H3,(H,20,23). The summed E-state index contributed by atoms with van der Waals surface area (Å²) in [6, 6.07) is 10.8. The number of amides is 2. The van der Waals surface area contributed by atoms with Gasteiger partial charge in [-0.3, -0.25) is 0 Å². The summed E-state index contributed by atoms with van der Waals surface area (Å²) in [7, 11) is 0. The fourth-order valence-electron chi connectivity index (χ4n) is 3.24. The number of hydrogen-bond donors (Lipinski definition) is 1. The van der Waals surface area contributed by atoms with E-state index in [4.69, 9.17) is 0 Å². The van der Waals surface area contributed by atoms with Gasteiger partial charge in [-0.2, -0.15) is 0 Å². The molecule has 1 saturated carbocycles. The fourth-order valence-corrected chi connectivity index (χ4v) is 3.24. The third-order valence-corrected chi connectivity index (χ3v) is 5.02. The Hall–Kier alpha value is -1.55. The first-order valence-corrected chi connectivity index (χ1v) is 9.03. The van der Waals surface area contributed by atoms with Crippen LogP contribution in [0.25, 0.3) is 0 Å². The van der Waals surface area contributed by atoms with Gasteiger partial charge in [0.25, 0.3) is 0 Å². The van der Waals surface area contributed by atoms with E-state index >= 15 is 0 Å². The maximum absolute atomic E-state index is 12.5. The van der Waals surface area contributed by atoms with Crippen LogP contribution in [-0.4, -0.2) is 48.1 Å². The van der Waals surface area contributed by atoms with Gasteiger partial charge in [-0.1, -0.05) is 37.3 Å². The molecule has 0 radical (unpaired) electrons. The molecule has 1 N–H and O–H groups in total. The molecule has 1 saturated heterocycles. The Morgan fingerprint density at radius 3 is 2.52 bits per heavy atom. The minimum Gasteiger partial charge on any atom is -0.337 e. The maximum Gasteiger partial charge on any atom is 0.317 e. The van der Waals surface area contributed by atoms with Crippen molar-refractivity contribution in [3.63, 3.8) is 0 Å². The average Bonchev–Trinajstić information content (AvgIpc) is 3.40. The van der Waals surface area contributed by atoms with Crippen molar-refractivity contribution in [2.24, 2.45) is 5.92 Å². The first-order valence-electron chi connectivity index (χ1n) is 9.03. The molecule has 3 rings (SSSR count). The van der Waals surface area contributed by atoms with Crippen molar-refractivity contribution in [2.75, 3.05) is 26.2 Å². The SMILES string of the molecule is CC1CCN(CCNC(=O)N(Cc2ccccc2)C2CC2)CC1. The van der Waals surface area contributed by atoms with E-state index in [-0.39, 0.29) is 6.03 Å². The van der Waals surface area contributed by atoms with Crippen molar-refractivity contribution in [3.05, 3.63) is 35.9 Å². The molecule has 0 aromatic heterocycles. The van der Waals surface area contributed by atoms with Crippen LogP contribution in [0.4, 0.5) is 4.79 Å². The molecule has 126 valence electrons. The molecule has 1 aromatic carbocycles. The van der Waals surface area contributed by atoms with E-state index in [1.807, 2.05) is 23.1 Å². The smallest absolute Gasteiger partial charge is 0.317 e. The number of benzene rings is 1. The normalized spacial score (nSPS) is 19.5. The maximum atomic E-state index is 12.5. The summed E-state index contributed by atoms with van der Waals surface area (Å²) in [5, 5.41) is 3.13. The number of urea groups is 1. The topological polar surface area (TPSA) is 35.6 Å². The van der Waals surface area contributed by atoms with Crippen molar-refractivity contribution in [3.8, 4) is 0 Å². The molecule has 2 amide bonds. The molecule has 0 bridgehead atoms. The Kier molecular flexibility index (Phi) is 5.55. The molecule has 1 aliphatic carbocycles. The molecular formula is C19H29N3O. The highest BCUT2D eigenvalue weighted by Gasteiger charge is 2.32. The van der Waals surface area contributed by atoms with Crippen LogP contribution in [0, 0.1) is 5.92 Å². The number of carbonyl (C=O) groups excluding carboxylic acids is 1. The van der Waals surface area contributed by atoms with Gasteiger partial charge < -0.3 is 15.1 Å². The molecule has 0 spiro atoms. The second kappa shape index (κ2) is 7.82. The Morgan fingerprint density at radius 1 is 1.17 bits per heavy atom. The first kappa shape index (κ1) is 16.3. The van der Waals surface area contributed by atoms with Gasteiger partial charge in [-0.25, -0.2) is 4.79 Å². The quantitative estimate of drug-likeness (QED) is 0.875. The van der Waals surface area contributed by atoms with Crippen LogP contribution in [0.1, 0.15) is 38.2 Å². The highest BCUT2D eigenvalue weighted by atomic mass is 16.2. The summed E-state index contributed by atoms with van der Waals surface area (Å²) < 4.78 is 0. The molecule has 4 heteroatoms. The third kappa shape index (κ3) is 4.96. The predicted octanol–water partition coefficient (Wildman–Crippen LogP) is 3.09. The van der Waals surface area contributed by atoms with Crippen molar-refractivity contribution in [1.29, 1.82) is 0 Å². The van der Waals surface area contributed by atoms with Crippen molar-refractivity contribution < 1.29 is 4.79 Å². The molecule has 4 nitrogen and oxygen atoms in total. The minimum absolute atomic E-state index is 0.0988. The fraction of sp³-hybridized carbons (Fsp3) is 0.632. The highest BCUT2D eigenvalue weighted by molar-refractivity contribution is 5.74. The molecule has 23 heavy (non-hydrogen) atoms. The number of carbonyl (C=O) groups is 1. The van der Waals surface area contributed by atoms with E-state index in [1.165, 1.54) is 31.5 Å². The van der Waals surface area contributed by atoms with Gasteiger partial charge in [0.1, 0.15) is 0 Å². The van der Waals surface area contributed by atoms with Gasteiger partial charge in [0.15, 0.2) is 0 Å². The largest absolute Gasteiger partial charge is 0.337 e. The average molecular weight is 315 g/mol. The molecule has 0 unspecified atom stereocenters. The summed E-state index contributed by atoms with van der Waals surface area (Å²) in [6.45, 7) is 7.13. The van der Waals surface area contributed by atoms with Crippen molar-refractivity contribution in [1.82, 2.24) is 15.1 Å². The Bertz CT molecular complexity index is 493. The summed E-state index contributed by atoms with van der Waals surface area (Å²) >= 11 is 0. The van der Waals surface area contributed by atoms with Gasteiger partial charge in [-0.05, 0) is 50.3 Å². The number of nitrogens with one attached hydrogen (secondary N) is 1. The van der Waals surface area contributed by atoms with Crippen LogP contribution in [0.15, 0.2) is 30.3 Å². The summed E-state index contributed by atoms with van der Waals surface area (Å²) in [5.41, 5.74) is 1.21. The lowest BCUT2D eigenvalue weighted by Crippen LogP contribution is -2.44. The number of hydrogen-bond acceptors (Lipinski definition) is 2. The Morgan fingerprint density at radius 2 is 1.87 bits per heavy atom. The number of rotatable bonds is 6. The lowest BCUT2D eigenvalue weighted by atomic mass is 9.99. The van der Waals surface area contributed by atoms with Crippen LogP contribution in [0.2, 0.25) is 0 Å². The zero-order valence-electron chi connectivity index (χ0n) is 14.2. The monoisotopic (exact) mass is 315 g/mol. The summed E-state index contributed by atoms with van der Waals surface area (Å²) in [5.74, 6) is 0.858. The highest BCUT2D eigenvalue weighted by Crippen LogP contribution is 2.28. The van der Waals surface area contributed by atoms with E-state index in [2.05, 4.69) is 29.3 Å². The number of piperidine rings is 1.